The smallest absolute Gasteiger partial charge is 0.140 e. The molecule has 0 radical (unpaired) electrons. The molecule has 2 rings (SSSR count). The van der Waals surface area contributed by atoms with Crippen molar-refractivity contribution in [1.29, 1.82) is 0 Å². The standard InChI is InChI=1S/C6H3BrClN3/c7-4-2-9-6(8)3-1-10-11-5(3)4/h1-2H,(H,10,11). The van der Waals surface area contributed by atoms with Gasteiger partial charge in [0.25, 0.3) is 0 Å². The molecule has 2 aromatic rings. The number of rotatable bonds is 0. The fourth-order valence-corrected chi connectivity index (χ4v) is 1.47. The van der Waals surface area contributed by atoms with E-state index in [4.69, 9.17) is 11.6 Å². The van der Waals surface area contributed by atoms with E-state index in [2.05, 4.69) is 31.1 Å². The van der Waals surface area contributed by atoms with Gasteiger partial charge in [-0.05, 0) is 15.9 Å². The molecular weight excluding hydrogens is 229 g/mol. The van der Waals surface area contributed by atoms with Crippen molar-refractivity contribution in [3.63, 3.8) is 0 Å². The fourth-order valence-electron chi connectivity index (χ4n) is 0.872. The molecular formula is C6H3BrClN3. The summed E-state index contributed by atoms with van der Waals surface area (Å²) in [5.74, 6) is 0. The molecule has 0 saturated carbocycles. The molecule has 2 aromatic heterocycles. The predicted octanol–water partition coefficient (Wildman–Crippen LogP) is 2.37. The summed E-state index contributed by atoms with van der Waals surface area (Å²) in [7, 11) is 0. The number of aromatic nitrogens is 3. The highest BCUT2D eigenvalue weighted by Gasteiger charge is 2.04. The van der Waals surface area contributed by atoms with E-state index in [1.807, 2.05) is 0 Å². The lowest BCUT2D eigenvalue weighted by Crippen LogP contribution is -1.77. The number of H-pyrrole nitrogens is 1. The van der Waals surface area contributed by atoms with Gasteiger partial charge in [0.2, 0.25) is 0 Å². The Kier molecular flexibility index (Phi) is 1.58. The van der Waals surface area contributed by atoms with Gasteiger partial charge >= 0.3 is 0 Å². The average Bonchev–Trinajstić information content (AvgIpc) is 2.45. The number of hydrogen-bond acceptors (Lipinski definition) is 2. The van der Waals surface area contributed by atoms with E-state index in [1.54, 1.807) is 12.4 Å². The van der Waals surface area contributed by atoms with E-state index in [0.29, 0.717) is 5.15 Å². The third kappa shape index (κ3) is 1.02. The third-order valence-electron chi connectivity index (χ3n) is 1.39. The summed E-state index contributed by atoms with van der Waals surface area (Å²) in [4.78, 5) is 3.94. The number of nitrogens with one attached hydrogen (secondary N) is 1. The molecule has 0 aliphatic carbocycles. The summed E-state index contributed by atoms with van der Waals surface area (Å²) >= 11 is 9.10. The van der Waals surface area contributed by atoms with Gasteiger partial charge in [0.05, 0.1) is 21.6 Å². The highest BCUT2D eigenvalue weighted by atomic mass is 79.9. The summed E-state index contributed by atoms with van der Waals surface area (Å²) in [6.07, 6.45) is 3.29. The number of pyridine rings is 1. The van der Waals surface area contributed by atoms with Gasteiger partial charge in [0, 0.05) is 6.20 Å². The zero-order valence-corrected chi connectivity index (χ0v) is 7.65. The van der Waals surface area contributed by atoms with Crippen molar-refractivity contribution in [2.75, 3.05) is 0 Å². The minimum atomic E-state index is 0.469. The summed E-state index contributed by atoms with van der Waals surface area (Å²) in [6.45, 7) is 0. The van der Waals surface area contributed by atoms with Crippen LogP contribution in [0, 0.1) is 0 Å². The number of aromatic amines is 1. The number of fused-ring (bicyclic) bond motifs is 1. The van der Waals surface area contributed by atoms with Gasteiger partial charge in [-0.15, -0.1) is 0 Å². The number of halogens is 2. The Morgan fingerprint density at radius 3 is 3.00 bits per heavy atom. The van der Waals surface area contributed by atoms with Crippen LogP contribution in [0.25, 0.3) is 10.9 Å². The molecule has 0 atom stereocenters. The van der Waals surface area contributed by atoms with Crippen molar-refractivity contribution >= 4 is 38.4 Å². The maximum absolute atomic E-state index is 5.78. The Morgan fingerprint density at radius 1 is 1.45 bits per heavy atom. The molecule has 5 heteroatoms. The summed E-state index contributed by atoms with van der Waals surface area (Å²) in [5.41, 5.74) is 0.880. The van der Waals surface area contributed by atoms with E-state index in [0.717, 1.165) is 15.4 Å². The fraction of sp³-hybridized carbons (Fsp3) is 0. The maximum atomic E-state index is 5.78. The SMILES string of the molecule is Clc1ncc(Br)c2[nH]ncc12. The van der Waals surface area contributed by atoms with Gasteiger partial charge in [-0.1, -0.05) is 11.6 Å². The summed E-state index contributed by atoms with van der Waals surface area (Å²) in [5, 5.41) is 7.95. The van der Waals surface area contributed by atoms with Crippen LogP contribution in [0.2, 0.25) is 5.15 Å². The maximum Gasteiger partial charge on any atom is 0.140 e. The van der Waals surface area contributed by atoms with Crippen LogP contribution in [0.15, 0.2) is 16.9 Å². The first-order valence-corrected chi connectivity index (χ1v) is 4.09. The predicted molar refractivity (Wildman–Crippen MR) is 46.6 cm³/mol. The average molecular weight is 232 g/mol. The lowest BCUT2D eigenvalue weighted by molar-refractivity contribution is 1.12. The monoisotopic (exact) mass is 231 g/mol. The lowest BCUT2D eigenvalue weighted by Gasteiger charge is -1.92. The molecule has 0 unspecified atom stereocenters. The van der Waals surface area contributed by atoms with Crippen molar-refractivity contribution in [2.45, 2.75) is 0 Å². The molecule has 0 bridgehead atoms. The quantitative estimate of drug-likeness (QED) is 0.709. The van der Waals surface area contributed by atoms with Gasteiger partial charge in [-0.3, -0.25) is 5.10 Å². The molecule has 0 spiro atoms. The van der Waals surface area contributed by atoms with E-state index < -0.39 is 0 Å². The molecule has 1 N–H and O–H groups in total. The van der Waals surface area contributed by atoms with Crippen LogP contribution in [0.3, 0.4) is 0 Å². The molecule has 0 fully saturated rings. The largest absolute Gasteiger partial charge is 0.277 e. The van der Waals surface area contributed by atoms with Gasteiger partial charge in [0.1, 0.15) is 5.15 Å². The summed E-state index contributed by atoms with van der Waals surface area (Å²) < 4.78 is 0.870. The van der Waals surface area contributed by atoms with Crippen LogP contribution in [0.5, 0.6) is 0 Å². The number of nitrogens with zero attached hydrogens (tertiary/aromatic N) is 2. The van der Waals surface area contributed by atoms with E-state index in [-0.39, 0.29) is 0 Å². The Labute approximate surface area is 75.9 Å². The molecule has 0 amide bonds. The minimum Gasteiger partial charge on any atom is -0.277 e. The van der Waals surface area contributed by atoms with Crippen molar-refractivity contribution in [1.82, 2.24) is 15.2 Å². The van der Waals surface area contributed by atoms with Crippen LogP contribution in [-0.2, 0) is 0 Å². The van der Waals surface area contributed by atoms with E-state index in [9.17, 15) is 0 Å². The van der Waals surface area contributed by atoms with Crippen LogP contribution in [0.4, 0.5) is 0 Å². The second kappa shape index (κ2) is 2.46. The summed E-state index contributed by atoms with van der Waals surface area (Å²) in [6, 6.07) is 0. The van der Waals surface area contributed by atoms with Gasteiger partial charge < -0.3 is 0 Å². The number of hydrogen-bond donors (Lipinski definition) is 1. The topological polar surface area (TPSA) is 41.6 Å². The van der Waals surface area contributed by atoms with E-state index >= 15 is 0 Å². The minimum absolute atomic E-state index is 0.469. The van der Waals surface area contributed by atoms with Crippen molar-refractivity contribution in [3.05, 3.63) is 22.0 Å². The molecule has 56 valence electrons. The zero-order valence-electron chi connectivity index (χ0n) is 5.31. The molecule has 0 aliphatic rings. The Hall–Kier alpha value is -0.610. The zero-order chi connectivity index (χ0) is 7.84. The van der Waals surface area contributed by atoms with Crippen LogP contribution in [0.1, 0.15) is 0 Å². The van der Waals surface area contributed by atoms with Crippen LogP contribution < -0.4 is 0 Å². The second-order valence-corrected chi connectivity index (χ2v) is 3.27. The molecule has 0 aromatic carbocycles. The molecule has 0 saturated heterocycles. The van der Waals surface area contributed by atoms with Gasteiger partial charge in [0.15, 0.2) is 0 Å². The highest BCUT2D eigenvalue weighted by Crippen LogP contribution is 2.25. The first kappa shape index (κ1) is 7.06. The van der Waals surface area contributed by atoms with Crippen molar-refractivity contribution in [3.8, 4) is 0 Å². The van der Waals surface area contributed by atoms with Gasteiger partial charge in [-0.25, -0.2) is 4.98 Å². The molecule has 3 nitrogen and oxygen atoms in total. The van der Waals surface area contributed by atoms with E-state index in [1.165, 1.54) is 0 Å². The van der Waals surface area contributed by atoms with Crippen LogP contribution in [-0.4, -0.2) is 15.2 Å². The lowest BCUT2D eigenvalue weighted by atomic mass is 10.3. The Morgan fingerprint density at radius 2 is 2.27 bits per heavy atom. The highest BCUT2D eigenvalue weighted by molar-refractivity contribution is 9.10. The normalized spacial score (nSPS) is 10.7. The Balaban J connectivity index is 2.96. The van der Waals surface area contributed by atoms with Gasteiger partial charge in [-0.2, -0.15) is 5.10 Å². The van der Waals surface area contributed by atoms with Crippen molar-refractivity contribution < 1.29 is 0 Å². The van der Waals surface area contributed by atoms with Crippen LogP contribution >= 0.6 is 27.5 Å². The van der Waals surface area contributed by atoms with Crippen molar-refractivity contribution in [2.24, 2.45) is 0 Å². The third-order valence-corrected chi connectivity index (χ3v) is 2.29. The Bertz CT molecular complexity index is 362. The molecule has 2 heterocycles. The first-order chi connectivity index (χ1) is 5.29. The molecule has 0 aliphatic heterocycles. The molecule has 11 heavy (non-hydrogen) atoms. The first-order valence-electron chi connectivity index (χ1n) is 2.92. The second-order valence-electron chi connectivity index (χ2n) is 2.06.